The monoisotopic (exact) mass is 425 g/mol. The summed E-state index contributed by atoms with van der Waals surface area (Å²) in [6.07, 6.45) is 3.77. The summed E-state index contributed by atoms with van der Waals surface area (Å²) in [7, 11) is 1.37. The summed E-state index contributed by atoms with van der Waals surface area (Å²) >= 11 is 3.06. The van der Waals surface area contributed by atoms with E-state index < -0.39 is 5.97 Å². The number of ether oxygens (including phenoxy) is 1. The zero-order valence-corrected chi connectivity index (χ0v) is 17.8. The molecule has 0 radical (unpaired) electrons. The number of hydrogen-bond donors (Lipinski definition) is 1. The SMILES string of the molecule is COC(=O)c1cccn2cc(CSc3nnc(Nc4ccc(C)c(C)c4)s3)nc12. The number of esters is 1. The molecule has 148 valence electrons. The summed E-state index contributed by atoms with van der Waals surface area (Å²) in [6.45, 7) is 4.18. The first-order valence-corrected chi connectivity index (χ1v) is 10.7. The summed E-state index contributed by atoms with van der Waals surface area (Å²) < 4.78 is 7.50. The van der Waals surface area contributed by atoms with E-state index in [4.69, 9.17) is 4.74 Å². The highest BCUT2D eigenvalue weighted by Crippen LogP contribution is 2.30. The molecule has 0 spiro atoms. The van der Waals surface area contributed by atoms with E-state index in [-0.39, 0.29) is 0 Å². The number of rotatable bonds is 6. The molecule has 0 aliphatic carbocycles. The highest BCUT2D eigenvalue weighted by Gasteiger charge is 2.14. The first kappa shape index (κ1) is 19.4. The van der Waals surface area contributed by atoms with Crippen LogP contribution < -0.4 is 5.32 Å². The molecule has 0 aliphatic heterocycles. The first-order chi connectivity index (χ1) is 14.0. The Kier molecular flexibility index (Phi) is 5.50. The maximum atomic E-state index is 11.9. The van der Waals surface area contributed by atoms with Crippen LogP contribution >= 0.6 is 23.1 Å². The van der Waals surface area contributed by atoms with Gasteiger partial charge in [-0.25, -0.2) is 9.78 Å². The highest BCUT2D eigenvalue weighted by atomic mass is 32.2. The Morgan fingerprint density at radius 2 is 2.10 bits per heavy atom. The van der Waals surface area contributed by atoms with Gasteiger partial charge in [0.25, 0.3) is 0 Å². The van der Waals surface area contributed by atoms with E-state index in [1.165, 1.54) is 29.6 Å². The molecule has 1 N–H and O–H groups in total. The maximum Gasteiger partial charge on any atom is 0.341 e. The van der Waals surface area contributed by atoms with Crippen LogP contribution in [0.25, 0.3) is 5.65 Å². The van der Waals surface area contributed by atoms with Crippen molar-refractivity contribution in [2.24, 2.45) is 0 Å². The zero-order chi connectivity index (χ0) is 20.4. The summed E-state index contributed by atoms with van der Waals surface area (Å²) in [5, 5.41) is 12.5. The Morgan fingerprint density at radius 3 is 2.90 bits per heavy atom. The lowest BCUT2D eigenvalue weighted by Gasteiger charge is -2.05. The van der Waals surface area contributed by atoms with Gasteiger partial charge in [-0.15, -0.1) is 10.2 Å². The third kappa shape index (κ3) is 4.25. The molecule has 1 aromatic carbocycles. The molecule has 4 rings (SSSR count). The van der Waals surface area contributed by atoms with Crippen molar-refractivity contribution in [2.75, 3.05) is 12.4 Å². The van der Waals surface area contributed by atoms with Crippen molar-refractivity contribution < 1.29 is 9.53 Å². The second kappa shape index (κ2) is 8.22. The smallest absolute Gasteiger partial charge is 0.341 e. The van der Waals surface area contributed by atoms with Crippen molar-refractivity contribution >= 4 is 45.5 Å². The predicted molar refractivity (Wildman–Crippen MR) is 115 cm³/mol. The lowest BCUT2D eigenvalue weighted by Crippen LogP contribution is -2.03. The van der Waals surface area contributed by atoms with Gasteiger partial charge in [0.1, 0.15) is 5.56 Å². The third-order valence-corrected chi connectivity index (χ3v) is 6.45. The molecule has 0 bridgehead atoms. The van der Waals surface area contributed by atoms with Crippen LogP contribution in [0.5, 0.6) is 0 Å². The van der Waals surface area contributed by atoms with Crippen molar-refractivity contribution in [2.45, 2.75) is 23.9 Å². The molecule has 7 nitrogen and oxygen atoms in total. The summed E-state index contributed by atoms with van der Waals surface area (Å²) in [5.74, 6) is 0.229. The summed E-state index contributed by atoms with van der Waals surface area (Å²) in [4.78, 5) is 16.5. The number of methoxy groups -OCH3 is 1. The van der Waals surface area contributed by atoms with Crippen molar-refractivity contribution in [3.63, 3.8) is 0 Å². The lowest BCUT2D eigenvalue weighted by molar-refractivity contribution is 0.0602. The molecule has 0 unspecified atom stereocenters. The quantitative estimate of drug-likeness (QED) is 0.356. The number of fused-ring (bicyclic) bond motifs is 1. The Morgan fingerprint density at radius 1 is 1.24 bits per heavy atom. The molecule has 0 aliphatic rings. The van der Waals surface area contributed by atoms with E-state index in [9.17, 15) is 4.79 Å². The number of thioether (sulfide) groups is 1. The van der Waals surface area contributed by atoms with Gasteiger partial charge >= 0.3 is 5.97 Å². The Bertz CT molecular complexity index is 1180. The van der Waals surface area contributed by atoms with Crippen LogP contribution in [0, 0.1) is 13.8 Å². The number of anilines is 2. The fourth-order valence-corrected chi connectivity index (χ4v) is 4.46. The van der Waals surface area contributed by atoms with Crippen molar-refractivity contribution in [3.8, 4) is 0 Å². The molecule has 0 atom stereocenters. The number of pyridine rings is 1. The number of imidazole rings is 1. The van der Waals surface area contributed by atoms with Gasteiger partial charge in [-0.3, -0.25) is 0 Å². The van der Waals surface area contributed by atoms with Crippen molar-refractivity contribution in [1.29, 1.82) is 0 Å². The molecular weight excluding hydrogens is 406 g/mol. The molecule has 0 amide bonds. The van der Waals surface area contributed by atoms with Crippen LogP contribution in [-0.2, 0) is 10.5 Å². The third-order valence-electron chi connectivity index (χ3n) is 4.45. The zero-order valence-electron chi connectivity index (χ0n) is 16.2. The number of nitrogens with one attached hydrogen (secondary N) is 1. The lowest BCUT2D eigenvalue weighted by atomic mass is 10.1. The molecule has 0 saturated carbocycles. The minimum Gasteiger partial charge on any atom is -0.465 e. The molecular formula is C20H19N5O2S2. The molecule has 29 heavy (non-hydrogen) atoms. The van der Waals surface area contributed by atoms with Gasteiger partial charge in [-0.1, -0.05) is 29.2 Å². The number of aromatic nitrogens is 4. The van der Waals surface area contributed by atoms with E-state index in [1.807, 2.05) is 22.9 Å². The van der Waals surface area contributed by atoms with Gasteiger partial charge in [0, 0.05) is 23.8 Å². The van der Waals surface area contributed by atoms with E-state index >= 15 is 0 Å². The normalized spacial score (nSPS) is 11.0. The predicted octanol–water partition coefficient (Wildman–Crippen LogP) is 4.63. The standard InChI is InChI=1S/C20H19N5O2S2/c1-12-6-7-14(9-13(12)2)22-19-23-24-20(29-19)28-11-15-10-25-8-4-5-16(17(25)21-15)18(26)27-3/h4-10H,11H2,1-3H3,(H,22,23). The largest absolute Gasteiger partial charge is 0.465 e. The van der Waals surface area contributed by atoms with Crippen LogP contribution in [0.4, 0.5) is 10.8 Å². The van der Waals surface area contributed by atoms with Gasteiger partial charge in [0.2, 0.25) is 5.13 Å². The van der Waals surface area contributed by atoms with Gasteiger partial charge in [0.15, 0.2) is 9.99 Å². The molecule has 0 fully saturated rings. The van der Waals surface area contributed by atoms with Gasteiger partial charge in [-0.05, 0) is 49.2 Å². The minimum atomic E-state index is -0.397. The molecule has 0 saturated heterocycles. The van der Waals surface area contributed by atoms with Crippen molar-refractivity contribution in [3.05, 3.63) is 65.1 Å². The second-order valence-corrected chi connectivity index (χ2v) is 8.66. The second-order valence-electron chi connectivity index (χ2n) is 6.46. The Labute approximate surface area is 176 Å². The first-order valence-electron chi connectivity index (χ1n) is 8.89. The number of hydrogen-bond acceptors (Lipinski definition) is 8. The summed E-state index contributed by atoms with van der Waals surface area (Å²) in [5.41, 5.74) is 5.37. The molecule has 9 heteroatoms. The summed E-state index contributed by atoms with van der Waals surface area (Å²) in [6, 6.07) is 9.72. The fourth-order valence-electron chi connectivity index (χ4n) is 2.80. The number of nitrogens with zero attached hydrogens (tertiary/aromatic N) is 4. The average molecular weight is 426 g/mol. The number of aryl methyl sites for hydroxylation is 2. The average Bonchev–Trinajstić information content (AvgIpc) is 3.34. The van der Waals surface area contributed by atoms with E-state index in [1.54, 1.807) is 23.9 Å². The topological polar surface area (TPSA) is 81.4 Å². The van der Waals surface area contributed by atoms with E-state index in [0.29, 0.717) is 17.0 Å². The van der Waals surface area contributed by atoms with Crippen LogP contribution in [0.15, 0.2) is 47.1 Å². The number of carbonyl (C=O) groups excluding carboxylic acids is 1. The van der Waals surface area contributed by atoms with Crippen LogP contribution in [0.1, 0.15) is 27.2 Å². The van der Waals surface area contributed by atoms with E-state index in [0.717, 1.165) is 20.9 Å². The molecule has 3 heterocycles. The Hall–Kier alpha value is -2.91. The maximum absolute atomic E-state index is 11.9. The fraction of sp³-hybridized carbons (Fsp3) is 0.200. The Balaban J connectivity index is 1.44. The number of carbonyl (C=O) groups is 1. The van der Waals surface area contributed by atoms with Gasteiger partial charge in [0.05, 0.1) is 12.8 Å². The highest BCUT2D eigenvalue weighted by molar-refractivity contribution is 8.00. The van der Waals surface area contributed by atoms with Gasteiger partial charge < -0.3 is 14.5 Å². The van der Waals surface area contributed by atoms with Crippen LogP contribution in [0.2, 0.25) is 0 Å². The van der Waals surface area contributed by atoms with Crippen molar-refractivity contribution in [1.82, 2.24) is 19.6 Å². The van der Waals surface area contributed by atoms with Crippen LogP contribution in [-0.4, -0.2) is 32.7 Å². The minimum absolute atomic E-state index is 0.397. The number of benzene rings is 1. The molecule has 4 aromatic rings. The van der Waals surface area contributed by atoms with E-state index in [2.05, 4.69) is 46.5 Å². The van der Waals surface area contributed by atoms with Crippen LogP contribution in [0.3, 0.4) is 0 Å². The molecule has 3 aromatic heterocycles. The van der Waals surface area contributed by atoms with Gasteiger partial charge in [-0.2, -0.15) is 0 Å².